The maximum atomic E-state index is 14.0. The second kappa shape index (κ2) is 10.2. The molecule has 2 aromatic heterocycles. The van der Waals surface area contributed by atoms with Crippen molar-refractivity contribution in [2.75, 3.05) is 0 Å². The summed E-state index contributed by atoms with van der Waals surface area (Å²) in [4.78, 5) is 11.8. The van der Waals surface area contributed by atoms with Crippen molar-refractivity contribution in [1.29, 1.82) is 0 Å². The Labute approximate surface area is 214 Å². The van der Waals surface area contributed by atoms with Crippen LogP contribution >= 0.6 is 11.6 Å². The highest BCUT2D eigenvalue weighted by molar-refractivity contribution is 7.93. The number of nitrogens with zero attached hydrogens (tertiary/aromatic N) is 5. The number of allylic oxidation sites excluding steroid dienone is 3. The second-order valence-corrected chi connectivity index (χ2v) is 10.3. The second-order valence-electron chi connectivity index (χ2n) is 8.06. The van der Waals surface area contributed by atoms with Gasteiger partial charge in [-0.15, -0.1) is 13.2 Å². The van der Waals surface area contributed by atoms with Gasteiger partial charge in [-0.25, -0.2) is 22.8 Å². The summed E-state index contributed by atoms with van der Waals surface area (Å²) in [5.74, 6) is -1.72. The molecule has 0 aliphatic carbocycles. The largest absolute Gasteiger partial charge is 0.572 e. The number of imidazole rings is 1. The quantitative estimate of drug-likeness (QED) is 0.229. The summed E-state index contributed by atoms with van der Waals surface area (Å²) >= 11 is 6.39. The van der Waals surface area contributed by atoms with Crippen molar-refractivity contribution in [3.05, 3.63) is 93.7 Å². The van der Waals surface area contributed by atoms with Gasteiger partial charge in [-0.1, -0.05) is 41.9 Å². The van der Waals surface area contributed by atoms with Crippen LogP contribution in [-0.4, -0.2) is 38.6 Å². The van der Waals surface area contributed by atoms with Gasteiger partial charge < -0.3 is 4.74 Å². The van der Waals surface area contributed by atoms with Crippen LogP contribution in [0.5, 0.6) is 0 Å². The van der Waals surface area contributed by atoms with Crippen molar-refractivity contribution in [1.82, 2.24) is 23.8 Å². The molecular formula is C23H20ClF4N5O3S. The smallest absolute Gasteiger partial charge is 0.409 e. The fraction of sp³-hybridized carbons (Fsp3) is 0.261. The van der Waals surface area contributed by atoms with E-state index in [1.807, 2.05) is 0 Å². The lowest BCUT2D eigenvalue weighted by atomic mass is 10.1. The van der Waals surface area contributed by atoms with E-state index in [9.17, 15) is 26.0 Å². The van der Waals surface area contributed by atoms with Crippen molar-refractivity contribution in [2.45, 2.75) is 39.2 Å². The number of ether oxygens (including phenoxy) is 1. The predicted octanol–water partition coefficient (Wildman–Crippen LogP) is 5.39. The van der Waals surface area contributed by atoms with Crippen molar-refractivity contribution < 1.29 is 30.7 Å². The Bertz CT molecular complexity index is 1470. The first-order chi connectivity index (χ1) is 17.4. The van der Waals surface area contributed by atoms with Gasteiger partial charge in [-0.05, 0) is 31.9 Å². The number of hydrogen-bond donors (Lipinski definition) is 0. The summed E-state index contributed by atoms with van der Waals surface area (Å²) in [6.07, 6.45) is -0.621. The van der Waals surface area contributed by atoms with E-state index in [0.717, 1.165) is 18.2 Å². The number of sulfonamides is 1. The fourth-order valence-corrected chi connectivity index (χ4v) is 5.99. The van der Waals surface area contributed by atoms with E-state index in [1.165, 1.54) is 23.2 Å². The first kappa shape index (κ1) is 26.8. The van der Waals surface area contributed by atoms with Crippen LogP contribution < -0.4 is 0 Å². The first-order valence-electron chi connectivity index (χ1n) is 10.8. The number of rotatable bonds is 6. The van der Waals surface area contributed by atoms with Gasteiger partial charge in [0.2, 0.25) is 10.0 Å². The molecule has 0 saturated heterocycles. The van der Waals surface area contributed by atoms with Crippen LogP contribution in [0.15, 0.2) is 71.5 Å². The van der Waals surface area contributed by atoms with Gasteiger partial charge in [-0.2, -0.15) is 4.31 Å². The van der Waals surface area contributed by atoms with Gasteiger partial charge in [0, 0.05) is 12.4 Å². The molecule has 3 aromatic rings. The number of alkyl halides is 3. The monoisotopic (exact) mass is 557 g/mol. The molecule has 0 bridgehead atoms. The lowest BCUT2D eigenvalue weighted by Crippen LogP contribution is -2.37. The molecule has 0 saturated carbocycles. The Kier molecular flexibility index (Phi) is 7.40. The summed E-state index contributed by atoms with van der Waals surface area (Å²) in [6, 6.07) is 7.72. The molecule has 1 aliphatic heterocycles. The zero-order chi connectivity index (χ0) is 27.0. The molecule has 0 radical (unpaired) electrons. The molecule has 3 heterocycles. The van der Waals surface area contributed by atoms with Gasteiger partial charge in [0.05, 0.1) is 30.3 Å². The van der Waals surface area contributed by atoms with Crippen LogP contribution in [0.3, 0.4) is 0 Å². The predicted molar refractivity (Wildman–Crippen MR) is 126 cm³/mol. The molecule has 8 nitrogen and oxygen atoms in total. The number of fused-ring (bicyclic) bond motifs is 3. The van der Waals surface area contributed by atoms with Gasteiger partial charge >= 0.3 is 6.36 Å². The van der Waals surface area contributed by atoms with Crippen LogP contribution in [0, 0.1) is 0 Å². The lowest BCUT2D eigenvalue weighted by molar-refractivity contribution is -0.305. The van der Waals surface area contributed by atoms with E-state index < -0.39 is 45.5 Å². The Hall–Kier alpha value is -3.29. The third-order valence-electron chi connectivity index (χ3n) is 5.47. The summed E-state index contributed by atoms with van der Waals surface area (Å²) in [7, 11) is -4.85. The van der Waals surface area contributed by atoms with Gasteiger partial charge in [-0.3, -0.25) is 9.55 Å². The summed E-state index contributed by atoms with van der Waals surface area (Å²) in [5, 5.41) is 0.126. The van der Waals surface area contributed by atoms with Crippen LogP contribution in [0.2, 0.25) is 5.15 Å². The molecule has 37 heavy (non-hydrogen) atoms. The van der Waals surface area contributed by atoms with Gasteiger partial charge in [0.1, 0.15) is 21.6 Å². The molecule has 196 valence electrons. The Morgan fingerprint density at radius 1 is 1.16 bits per heavy atom. The topological polar surface area (TPSA) is 90.2 Å². The third kappa shape index (κ3) is 5.68. The lowest BCUT2D eigenvalue weighted by Gasteiger charge is -2.29. The molecule has 0 N–H and O–H groups in total. The molecule has 0 amide bonds. The van der Waals surface area contributed by atoms with E-state index in [-0.39, 0.29) is 28.9 Å². The van der Waals surface area contributed by atoms with Crippen molar-refractivity contribution in [3.63, 3.8) is 0 Å². The zero-order valence-corrected chi connectivity index (χ0v) is 21.0. The van der Waals surface area contributed by atoms with Crippen LogP contribution in [0.25, 0.3) is 5.82 Å². The summed E-state index contributed by atoms with van der Waals surface area (Å²) in [6.45, 7) is 1.30. The minimum absolute atomic E-state index is 0.0617. The maximum Gasteiger partial charge on any atom is 0.572 e. The fourth-order valence-electron chi connectivity index (χ4n) is 4.00. The summed E-state index contributed by atoms with van der Waals surface area (Å²) in [5.41, 5.74) is 0.869. The Morgan fingerprint density at radius 2 is 1.84 bits per heavy atom. The molecule has 1 aliphatic rings. The van der Waals surface area contributed by atoms with E-state index in [2.05, 4.69) is 19.7 Å². The SMILES string of the molecule is C/C(OC(F)(F)F)=C(\C=C(/C)F)S(=O)(=O)N1Cc2nccnc2-n2c(Cl)cnc2[C@H]1Cc1ccccc1. The van der Waals surface area contributed by atoms with Crippen LogP contribution in [0.1, 0.15) is 37.0 Å². The number of hydrogen-bond acceptors (Lipinski definition) is 6. The molecule has 0 spiro atoms. The minimum atomic E-state index is -5.20. The highest BCUT2D eigenvalue weighted by Gasteiger charge is 2.42. The van der Waals surface area contributed by atoms with Gasteiger partial charge in [0.25, 0.3) is 0 Å². The minimum Gasteiger partial charge on any atom is -0.409 e. The van der Waals surface area contributed by atoms with E-state index in [4.69, 9.17) is 11.6 Å². The van der Waals surface area contributed by atoms with Crippen LogP contribution in [0.4, 0.5) is 17.6 Å². The first-order valence-corrected chi connectivity index (χ1v) is 12.6. The number of aromatic nitrogens is 4. The zero-order valence-electron chi connectivity index (χ0n) is 19.4. The van der Waals surface area contributed by atoms with Gasteiger partial charge in [0.15, 0.2) is 5.82 Å². The average molecular weight is 558 g/mol. The maximum absolute atomic E-state index is 14.0. The molecular weight excluding hydrogens is 538 g/mol. The number of benzene rings is 1. The third-order valence-corrected chi connectivity index (χ3v) is 7.69. The van der Waals surface area contributed by atoms with E-state index >= 15 is 0 Å². The molecule has 1 atom stereocenters. The standard InChI is InChI=1S/C23H20ClF4N5O3S/c1-14(25)10-19(15(2)36-23(26,27)28)37(34,35)32-13-17-21(30-9-8-29-17)33-20(24)12-31-22(33)18(32)11-16-6-4-3-5-7-16/h3-10,12,18H,11,13H2,1-2H3/b14-10+,19-15-/t18-/m1/s1. The molecule has 0 unspecified atom stereocenters. The molecule has 0 fully saturated rings. The number of halogens is 5. The average Bonchev–Trinajstić information content (AvgIpc) is 3.13. The Balaban J connectivity index is 1.97. The molecule has 14 heteroatoms. The van der Waals surface area contributed by atoms with Crippen LogP contribution in [-0.2, 0) is 27.7 Å². The van der Waals surface area contributed by atoms with E-state index in [1.54, 1.807) is 30.3 Å². The van der Waals surface area contributed by atoms with Crippen molar-refractivity contribution in [3.8, 4) is 5.82 Å². The Morgan fingerprint density at radius 3 is 2.49 bits per heavy atom. The molecule has 4 rings (SSSR count). The van der Waals surface area contributed by atoms with Crippen molar-refractivity contribution >= 4 is 21.6 Å². The normalized spacial score (nSPS) is 17.5. The van der Waals surface area contributed by atoms with Crippen molar-refractivity contribution in [2.24, 2.45) is 0 Å². The molecule has 1 aromatic carbocycles. The highest BCUT2D eigenvalue weighted by atomic mass is 35.5. The van der Waals surface area contributed by atoms with E-state index in [0.29, 0.717) is 11.6 Å². The highest BCUT2D eigenvalue weighted by Crippen LogP contribution is 2.39. The summed E-state index contributed by atoms with van der Waals surface area (Å²) < 4.78 is 87.4.